The highest BCUT2D eigenvalue weighted by atomic mass is 16.6. The highest BCUT2D eigenvalue weighted by Crippen LogP contribution is 2.23. The molecule has 20 heavy (non-hydrogen) atoms. The van der Waals surface area contributed by atoms with Gasteiger partial charge in [-0.1, -0.05) is 0 Å². The van der Waals surface area contributed by atoms with E-state index >= 15 is 0 Å². The number of aryl methyl sites for hydroxylation is 1. The first kappa shape index (κ1) is 14.8. The summed E-state index contributed by atoms with van der Waals surface area (Å²) >= 11 is 0. The fourth-order valence-electron chi connectivity index (χ4n) is 2.31. The lowest BCUT2D eigenvalue weighted by molar-refractivity contribution is -0.156. The molecule has 0 aliphatic carbocycles. The molecule has 1 aromatic heterocycles. The second-order valence-corrected chi connectivity index (χ2v) is 6.01. The monoisotopic (exact) mass is 276 g/mol. The summed E-state index contributed by atoms with van der Waals surface area (Å²) in [6.07, 6.45) is 4.65. The molecule has 2 heterocycles. The summed E-state index contributed by atoms with van der Waals surface area (Å²) < 4.78 is 5.52. The van der Waals surface area contributed by atoms with Crippen LogP contribution in [0.3, 0.4) is 0 Å². The van der Waals surface area contributed by atoms with Gasteiger partial charge in [0.1, 0.15) is 11.6 Å². The number of rotatable bonds is 2. The number of pyridine rings is 1. The number of aromatic nitrogens is 1. The van der Waals surface area contributed by atoms with Crippen LogP contribution in [0.1, 0.15) is 26.3 Å². The third kappa shape index (κ3) is 3.48. The van der Waals surface area contributed by atoms with Crippen molar-refractivity contribution in [3.05, 3.63) is 24.0 Å². The van der Waals surface area contributed by atoms with Gasteiger partial charge in [-0.25, -0.2) is 4.79 Å². The summed E-state index contributed by atoms with van der Waals surface area (Å²) in [7, 11) is 0. The number of nitrogens with zero attached hydrogens (tertiary/aromatic N) is 2. The fraction of sp³-hybridized carbons (Fsp3) is 0.600. The molecule has 0 spiro atoms. The maximum Gasteiger partial charge on any atom is 0.330 e. The Hall–Kier alpha value is -1.62. The number of esters is 1. The van der Waals surface area contributed by atoms with Gasteiger partial charge in [-0.2, -0.15) is 0 Å². The number of anilines is 1. The Morgan fingerprint density at radius 1 is 1.55 bits per heavy atom. The maximum absolute atomic E-state index is 12.4. The Morgan fingerprint density at radius 3 is 2.95 bits per heavy atom. The normalized spacial score (nSPS) is 19.8. The van der Waals surface area contributed by atoms with E-state index in [1.54, 1.807) is 6.20 Å². The average molecular weight is 276 g/mol. The van der Waals surface area contributed by atoms with Crippen molar-refractivity contribution in [1.82, 2.24) is 10.3 Å². The molecule has 0 aromatic carbocycles. The minimum absolute atomic E-state index is 0.194. The lowest BCUT2D eigenvalue weighted by Crippen LogP contribution is -2.56. The Bertz CT molecular complexity index is 482. The standard InChI is InChI=1S/C15H22N3O2/c1-11-9-16-6-5-12(11)18-8-7-17-10-13(18)14(19)20-15(2,3)4/h5-6,13,17H,7-8,10H2,1-4H3. The fourth-order valence-corrected chi connectivity index (χ4v) is 2.31. The SMILES string of the molecule is Cc1[c]nccc1N1CCNCC1C(=O)OC(C)(C)C. The molecular formula is C15H22N3O2. The molecule has 0 bridgehead atoms. The molecular weight excluding hydrogens is 254 g/mol. The Balaban J connectivity index is 2.22. The van der Waals surface area contributed by atoms with E-state index in [2.05, 4.69) is 21.4 Å². The van der Waals surface area contributed by atoms with Crippen molar-refractivity contribution in [2.75, 3.05) is 24.5 Å². The zero-order chi connectivity index (χ0) is 14.8. The van der Waals surface area contributed by atoms with Gasteiger partial charge in [-0.05, 0) is 33.8 Å². The molecule has 1 aromatic rings. The van der Waals surface area contributed by atoms with Crippen LogP contribution in [0.5, 0.6) is 0 Å². The summed E-state index contributed by atoms with van der Waals surface area (Å²) in [6, 6.07) is 1.62. The van der Waals surface area contributed by atoms with Crippen molar-refractivity contribution in [1.29, 1.82) is 0 Å². The summed E-state index contributed by atoms with van der Waals surface area (Å²) in [5, 5.41) is 3.25. The minimum Gasteiger partial charge on any atom is -0.458 e. The van der Waals surface area contributed by atoms with E-state index in [1.165, 1.54) is 0 Å². The van der Waals surface area contributed by atoms with E-state index in [4.69, 9.17) is 4.74 Å². The smallest absolute Gasteiger partial charge is 0.330 e. The van der Waals surface area contributed by atoms with E-state index in [0.717, 1.165) is 24.3 Å². The van der Waals surface area contributed by atoms with Crippen molar-refractivity contribution < 1.29 is 9.53 Å². The summed E-state index contributed by atoms with van der Waals surface area (Å²) in [5.74, 6) is -0.194. The molecule has 1 aliphatic rings. The van der Waals surface area contributed by atoms with Crippen LogP contribution in [-0.4, -0.2) is 42.2 Å². The lowest BCUT2D eigenvalue weighted by Gasteiger charge is -2.38. The number of ether oxygens (including phenoxy) is 1. The predicted molar refractivity (Wildman–Crippen MR) is 77.7 cm³/mol. The van der Waals surface area contributed by atoms with Gasteiger partial charge in [0.15, 0.2) is 0 Å². The second kappa shape index (κ2) is 5.79. The second-order valence-electron chi connectivity index (χ2n) is 6.01. The van der Waals surface area contributed by atoms with Crippen molar-refractivity contribution >= 4 is 11.7 Å². The summed E-state index contributed by atoms with van der Waals surface area (Å²) in [5.41, 5.74) is 1.47. The number of hydrogen-bond donors (Lipinski definition) is 1. The number of hydrogen-bond acceptors (Lipinski definition) is 5. The van der Waals surface area contributed by atoms with E-state index in [-0.39, 0.29) is 12.0 Å². The summed E-state index contributed by atoms with van der Waals surface area (Å²) in [4.78, 5) is 18.4. The highest BCUT2D eigenvalue weighted by Gasteiger charge is 2.33. The van der Waals surface area contributed by atoms with Crippen LogP contribution in [0.2, 0.25) is 0 Å². The third-order valence-electron chi connectivity index (χ3n) is 3.16. The van der Waals surface area contributed by atoms with Crippen molar-refractivity contribution in [3.63, 3.8) is 0 Å². The van der Waals surface area contributed by atoms with Crippen LogP contribution in [0.15, 0.2) is 12.3 Å². The van der Waals surface area contributed by atoms with Crippen LogP contribution in [0.25, 0.3) is 0 Å². The Labute approximate surface area is 120 Å². The predicted octanol–water partition coefficient (Wildman–Crippen LogP) is 1.31. The van der Waals surface area contributed by atoms with Gasteiger partial charge in [-0.15, -0.1) is 0 Å². The highest BCUT2D eigenvalue weighted by molar-refractivity contribution is 5.81. The number of carbonyl (C=O) groups is 1. The van der Waals surface area contributed by atoms with E-state index in [1.807, 2.05) is 33.8 Å². The first-order valence-corrected chi connectivity index (χ1v) is 6.92. The first-order valence-electron chi connectivity index (χ1n) is 6.92. The van der Waals surface area contributed by atoms with Crippen molar-refractivity contribution in [3.8, 4) is 0 Å². The minimum atomic E-state index is -0.473. The van der Waals surface area contributed by atoms with Gasteiger partial charge in [-0.3, -0.25) is 4.98 Å². The lowest BCUT2D eigenvalue weighted by atomic mass is 10.1. The number of nitrogens with one attached hydrogen (secondary N) is 1. The molecule has 0 saturated carbocycles. The molecule has 1 radical (unpaired) electrons. The molecule has 1 atom stereocenters. The van der Waals surface area contributed by atoms with Crippen LogP contribution in [0.4, 0.5) is 5.69 Å². The van der Waals surface area contributed by atoms with Crippen molar-refractivity contribution in [2.24, 2.45) is 0 Å². The Morgan fingerprint density at radius 2 is 2.30 bits per heavy atom. The topological polar surface area (TPSA) is 54.5 Å². The molecule has 109 valence electrons. The van der Waals surface area contributed by atoms with Gasteiger partial charge in [0.05, 0.1) is 6.20 Å². The van der Waals surface area contributed by atoms with E-state index in [9.17, 15) is 4.79 Å². The molecule has 2 rings (SSSR count). The molecule has 1 unspecified atom stereocenters. The van der Waals surface area contributed by atoms with Crippen LogP contribution < -0.4 is 10.2 Å². The quantitative estimate of drug-likeness (QED) is 0.825. The molecule has 0 amide bonds. The molecule has 5 nitrogen and oxygen atoms in total. The maximum atomic E-state index is 12.4. The largest absolute Gasteiger partial charge is 0.458 e. The molecule has 1 saturated heterocycles. The van der Waals surface area contributed by atoms with Gasteiger partial charge < -0.3 is 15.0 Å². The van der Waals surface area contributed by atoms with Crippen LogP contribution in [0, 0.1) is 13.1 Å². The first-order chi connectivity index (χ1) is 9.38. The van der Waals surface area contributed by atoms with E-state index in [0.29, 0.717) is 6.54 Å². The van der Waals surface area contributed by atoms with E-state index < -0.39 is 5.60 Å². The number of carbonyl (C=O) groups excluding carboxylic acids is 1. The van der Waals surface area contributed by atoms with Crippen LogP contribution in [-0.2, 0) is 9.53 Å². The molecule has 1 fully saturated rings. The molecule has 1 N–H and O–H groups in total. The Kier molecular flexibility index (Phi) is 4.28. The van der Waals surface area contributed by atoms with Gasteiger partial charge in [0, 0.05) is 37.1 Å². The molecule has 1 aliphatic heterocycles. The zero-order valence-corrected chi connectivity index (χ0v) is 12.6. The van der Waals surface area contributed by atoms with Gasteiger partial charge in [0.25, 0.3) is 0 Å². The zero-order valence-electron chi connectivity index (χ0n) is 12.6. The van der Waals surface area contributed by atoms with Crippen molar-refractivity contribution in [2.45, 2.75) is 39.3 Å². The van der Waals surface area contributed by atoms with Gasteiger partial charge >= 0.3 is 5.97 Å². The molecule has 5 heteroatoms. The summed E-state index contributed by atoms with van der Waals surface area (Å²) in [6.45, 7) is 9.82. The van der Waals surface area contributed by atoms with Gasteiger partial charge in [0.2, 0.25) is 0 Å². The third-order valence-corrected chi connectivity index (χ3v) is 3.16. The average Bonchev–Trinajstić information content (AvgIpc) is 2.37. The number of piperazine rings is 1. The van der Waals surface area contributed by atoms with Crippen LogP contribution >= 0.6 is 0 Å².